The van der Waals surface area contributed by atoms with Crippen molar-refractivity contribution >= 4 is 44.4 Å². The molecule has 0 saturated heterocycles. The van der Waals surface area contributed by atoms with Gasteiger partial charge in [0, 0.05) is 16.8 Å². The van der Waals surface area contributed by atoms with Gasteiger partial charge in [0.1, 0.15) is 18.0 Å². The highest BCUT2D eigenvalue weighted by atomic mass is 35.5. The number of aromatic nitrogens is 2. The molecule has 0 saturated carbocycles. The van der Waals surface area contributed by atoms with Crippen molar-refractivity contribution in [1.29, 1.82) is 0 Å². The fraction of sp³-hybridized carbons (Fsp3) is 0.158. The molecule has 3 rings (SSSR count). The average molecular weight is 473 g/mol. The highest BCUT2D eigenvalue weighted by Gasteiger charge is 2.32. The second-order valence-corrected chi connectivity index (χ2v) is 8.87. The molecule has 12 heteroatoms. The first-order valence-corrected chi connectivity index (χ1v) is 10.8. The summed E-state index contributed by atoms with van der Waals surface area (Å²) in [6, 6.07) is 11.3. The molecule has 1 aromatic heterocycles. The molecule has 0 fully saturated rings. The largest absolute Gasteiger partial charge is 0.573 e. The van der Waals surface area contributed by atoms with Crippen molar-refractivity contribution < 1.29 is 26.3 Å². The quantitative estimate of drug-likeness (QED) is 0.481. The lowest BCUT2D eigenvalue weighted by Crippen LogP contribution is -2.18. The van der Waals surface area contributed by atoms with E-state index >= 15 is 0 Å². The van der Waals surface area contributed by atoms with Crippen LogP contribution < -0.4 is 15.4 Å². The van der Waals surface area contributed by atoms with Crippen molar-refractivity contribution in [2.45, 2.75) is 18.2 Å². The van der Waals surface area contributed by atoms with Crippen LogP contribution in [-0.2, 0) is 9.84 Å². The van der Waals surface area contributed by atoms with Gasteiger partial charge in [-0.15, -0.1) is 13.2 Å². The number of rotatable bonds is 7. The van der Waals surface area contributed by atoms with E-state index in [4.69, 9.17) is 11.6 Å². The lowest BCUT2D eigenvalue weighted by molar-refractivity contribution is -0.274. The number of hydrogen-bond donors (Lipinski definition) is 2. The highest BCUT2D eigenvalue weighted by molar-refractivity contribution is 7.91. The van der Waals surface area contributed by atoms with Crippen LogP contribution in [0, 0.1) is 0 Å². The van der Waals surface area contributed by atoms with Crippen molar-refractivity contribution in [3.63, 3.8) is 0 Å². The van der Waals surface area contributed by atoms with Crippen LogP contribution in [0.25, 0.3) is 0 Å². The van der Waals surface area contributed by atoms with Crippen molar-refractivity contribution in [2.24, 2.45) is 0 Å². The summed E-state index contributed by atoms with van der Waals surface area (Å²) in [6.45, 7) is 1.43. The van der Waals surface area contributed by atoms with Crippen LogP contribution in [0.2, 0.25) is 5.02 Å². The summed E-state index contributed by atoms with van der Waals surface area (Å²) in [5, 5.41) is 6.21. The van der Waals surface area contributed by atoms with E-state index in [1.54, 1.807) is 24.3 Å². The Hall–Kier alpha value is -3.05. The van der Waals surface area contributed by atoms with E-state index in [9.17, 15) is 21.6 Å². The maximum absolute atomic E-state index is 12.8. The second kappa shape index (κ2) is 8.98. The smallest absolute Gasteiger partial charge is 0.404 e. The molecule has 2 aromatic carbocycles. The predicted molar refractivity (Wildman–Crippen MR) is 111 cm³/mol. The first kappa shape index (κ1) is 22.6. The summed E-state index contributed by atoms with van der Waals surface area (Å²) < 4.78 is 66.7. The Morgan fingerprint density at radius 3 is 2.26 bits per heavy atom. The number of benzene rings is 2. The summed E-state index contributed by atoms with van der Waals surface area (Å²) in [6.07, 6.45) is -3.77. The van der Waals surface area contributed by atoms with Crippen LogP contribution >= 0.6 is 11.6 Å². The standard InChI is InChI=1S/C19H16ClF3N4O3S/c1-2-31(28,29)14-7-8-16(30-19(21,22)23)15(9-14)27-18-10-17(24-11-25-18)26-13-5-3-12(20)4-6-13/h3-11H,2H2,1H3,(H2,24,25,26,27). The summed E-state index contributed by atoms with van der Waals surface area (Å²) in [5.74, 6) is -0.359. The van der Waals surface area contributed by atoms with Gasteiger partial charge in [-0.05, 0) is 42.5 Å². The second-order valence-electron chi connectivity index (χ2n) is 6.15. The zero-order valence-corrected chi connectivity index (χ0v) is 17.5. The minimum Gasteiger partial charge on any atom is -0.404 e. The number of halogens is 4. The van der Waals surface area contributed by atoms with Crippen LogP contribution in [0.1, 0.15) is 6.92 Å². The van der Waals surface area contributed by atoms with Crippen LogP contribution in [-0.4, -0.2) is 30.5 Å². The molecular formula is C19H16ClF3N4O3S. The minimum absolute atomic E-state index is 0.115. The Kier molecular flexibility index (Phi) is 6.56. The first-order chi connectivity index (χ1) is 14.6. The Labute approximate surface area is 181 Å². The number of anilines is 4. The van der Waals surface area contributed by atoms with Crippen LogP contribution in [0.4, 0.5) is 36.2 Å². The van der Waals surface area contributed by atoms with Gasteiger partial charge in [-0.2, -0.15) is 0 Å². The Morgan fingerprint density at radius 2 is 1.65 bits per heavy atom. The number of sulfone groups is 1. The van der Waals surface area contributed by atoms with Gasteiger partial charge >= 0.3 is 6.36 Å². The number of hydrogen-bond acceptors (Lipinski definition) is 7. The molecule has 0 radical (unpaired) electrons. The monoisotopic (exact) mass is 472 g/mol. The van der Waals surface area contributed by atoms with Gasteiger partial charge in [-0.3, -0.25) is 0 Å². The molecule has 0 aliphatic rings. The maximum atomic E-state index is 12.8. The highest BCUT2D eigenvalue weighted by Crippen LogP contribution is 2.34. The van der Waals surface area contributed by atoms with Crippen molar-refractivity contribution in [2.75, 3.05) is 16.4 Å². The van der Waals surface area contributed by atoms with Crippen LogP contribution in [0.3, 0.4) is 0 Å². The Bertz CT molecular complexity index is 1170. The molecule has 0 spiro atoms. The summed E-state index contributed by atoms with van der Waals surface area (Å²) in [4.78, 5) is 7.87. The molecule has 0 aliphatic carbocycles. The van der Waals surface area contributed by atoms with E-state index in [0.717, 1.165) is 18.2 Å². The Balaban J connectivity index is 1.92. The summed E-state index contributed by atoms with van der Waals surface area (Å²) >= 11 is 5.85. The van der Waals surface area contributed by atoms with Crippen LogP contribution in [0.15, 0.2) is 59.8 Å². The minimum atomic E-state index is -4.96. The Morgan fingerprint density at radius 1 is 1.00 bits per heavy atom. The summed E-state index contributed by atoms with van der Waals surface area (Å²) in [5.41, 5.74) is 0.453. The molecule has 7 nitrogen and oxygen atoms in total. The zero-order valence-electron chi connectivity index (χ0n) is 15.9. The third-order valence-corrected chi connectivity index (χ3v) is 5.95. The molecule has 0 bridgehead atoms. The topological polar surface area (TPSA) is 93.2 Å². The molecule has 0 atom stereocenters. The molecule has 3 aromatic rings. The molecule has 0 amide bonds. The molecule has 164 valence electrons. The van der Waals surface area contributed by atoms with E-state index in [0.29, 0.717) is 16.5 Å². The van der Waals surface area contributed by atoms with Gasteiger partial charge in [0.15, 0.2) is 15.6 Å². The fourth-order valence-corrected chi connectivity index (χ4v) is 3.53. The van der Waals surface area contributed by atoms with Gasteiger partial charge in [-0.25, -0.2) is 18.4 Å². The van der Waals surface area contributed by atoms with Crippen LogP contribution in [0.5, 0.6) is 5.75 Å². The van der Waals surface area contributed by atoms with Gasteiger partial charge < -0.3 is 15.4 Å². The van der Waals surface area contributed by atoms with E-state index in [1.165, 1.54) is 19.3 Å². The number of nitrogens with one attached hydrogen (secondary N) is 2. The number of alkyl halides is 3. The van der Waals surface area contributed by atoms with Crippen molar-refractivity contribution in [3.8, 4) is 5.75 Å². The maximum Gasteiger partial charge on any atom is 0.573 e. The zero-order chi connectivity index (χ0) is 22.6. The SMILES string of the molecule is CCS(=O)(=O)c1ccc(OC(F)(F)F)c(Nc2cc(Nc3ccc(Cl)cc3)ncn2)c1. The van der Waals surface area contributed by atoms with Gasteiger partial charge in [0.05, 0.1) is 16.3 Å². The lowest BCUT2D eigenvalue weighted by atomic mass is 10.3. The average Bonchev–Trinajstić information content (AvgIpc) is 2.70. The van der Waals surface area contributed by atoms with Crippen molar-refractivity contribution in [3.05, 3.63) is 59.9 Å². The first-order valence-electron chi connectivity index (χ1n) is 8.80. The molecule has 0 unspecified atom stereocenters. The third-order valence-electron chi connectivity index (χ3n) is 3.96. The lowest BCUT2D eigenvalue weighted by Gasteiger charge is -2.16. The van der Waals surface area contributed by atoms with E-state index < -0.39 is 21.9 Å². The molecule has 1 heterocycles. The fourth-order valence-electron chi connectivity index (χ4n) is 2.49. The summed E-state index contributed by atoms with van der Waals surface area (Å²) in [7, 11) is -3.66. The third kappa shape index (κ3) is 6.22. The van der Waals surface area contributed by atoms with Gasteiger partial charge in [0.25, 0.3) is 0 Å². The predicted octanol–water partition coefficient (Wildman–Crippen LogP) is 5.31. The number of nitrogens with zero attached hydrogens (tertiary/aromatic N) is 2. The normalized spacial score (nSPS) is 11.8. The van der Waals surface area contributed by atoms with E-state index in [2.05, 4.69) is 25.3 Å². The van der Waals surface area contributed by atoms with Gasteiger partial charge in [-0.1, -0.05) is 18.5 Å². The molecule has 2 N–H and O–H groups in total. The molecular weight excluding hydrogens is 457 g/mol. The number of ether oxygens (including phenoxy) is 1. The van der Waals surface area contributed by atoms with E-state index in [1.807, 2.05) is 0 Å². The van der Waals surface area contributed by atoms with E-state index in [-0.39, 0.29) is 22.2 Å². The molecule has 31 heavy (non-hydrogen) atoms. The van der Waals surface area contributed by atoms with Crippen molar-refractivity contribution in [1.82, 2.24) is 9.97 Å². The van der Waals surface area contributed by atoms with Gasteiger partial charge in [0.2, 0.25) is 0 Å². The molecule has 0 aliphatic heterocycles.